The summed E-state index contributed by atoms with van der Waals surface area (Å²) in [6.45, 7) is 7.57. The van der Waals surface area contributed by atoms with Gasteiger partial charge in [-0.15, -0.1) is 0 Å². The Balaban J connectivity index is 2.00. The summed E-state index contributed by atoms with van der Waals surface area (Å²) in [4.78, 5) is 4.05. The maximum absolute atomic E-state index is 4.05. The molecule has 1 aromatic carbocycles. The second-order valence-corrected chi connectivity index (χ2v) is 5.23. The van der Waals surface area contributed by atoms with E-state index in [0.29, 0.717) is 0 Å². The fourth-order valence-corrected chi connectivity index (χ4v) is 1.66. The highest BCUT2D eigenvalue weighted by molar-refractivity contribution is 5.34. The Bertz CT molecular complexity index is 469. The molecule has 0 aliphatic heterocycles. The Hall–Kier alpha value is -1.61. The average Bonchev–Trinajstić information content (AvgIpc) is 2.91. The highest BCUT2D eigenvalue weighted by Crippen LogP contribution is 2.12. The van der Waals surface area contributed by atoms with Gasteiger partial charge in [0.05, 0.1) is 6.33 Å². The number of nitrogens with zero attached hydrogens (tertiary/aromatic N) is 2. The number of hydrogen-bond acceptors (Lipinski definition) is 2. The fraction of sp³-hybridized carbons (Fsp3) is 0.400. The summed E-state index contributed by atoms with van der Waals surface area (Å²) in [6, 6.07) is 8.57. The Kier molecular flexibility index (Phi) is 3.82. The molecule has 0 aliphatic rings. The minimum atomic E-state index is 0.197. The summed E-state index contributed by atoms with van der Waals surface area (Å²) in [5.74, 6) is 0. The number of rotatable bonds is 5. The highest BCUT2D eigenvalue weighted by atomic mass is 15.0. The first-order valence-electron chi connectivity index (χ1n) is 6.43. The molecule has 3 nitrogen and oxygen atoms in total. The van der Waals surface area contributed by atoms with Crippen LogP contribution < -0.4 is 5.32 Å². The quantitative estimate of drug-likeness (QED) is 0.874. The van der Waals surface area contributed by atoms with Gasteiger partial charge in [-0.05, 0) is 38.0 Å². The molecule has 0 spiro atoms. The molecule has 0 saturated heterocycles. The van der Waals surface area contributed by atoms with Crippen molar-refractivity contribution in [2.24, 2.45) is 0 Å². The third kappa shape index (κ3) is 3.20. The van der Waals surface area contributed by atoms with E-state index in [0.717, 1.165) is 18.7 Å². The maximum Gasteiger partial charge on any atom is 0.0991 e. The Morgan fingerprint density at radius 2 is 1.94 bits per heavy atom. The van der Waals surface area contributed by atoms with Crippen molar-refractivity contribution in [3.8, 4) is 5.69 Å². The molecule has 0 saturated carbocycles. The topological polar surface area (TPSA) is 29.9 Å². The summed E-state index contributed by atoms with van der Waals surface area (Å²) in [5, 5.41) is 3.56. The monoisotopic (exact) mass is 243 g/mol. The molecule has 2 aromatic rings. The van der Waals surface area contributed by atoms with Gasteiger partial charge in [-0.2, -0.15) is 0 Å². The van der Waals surface area contributed by atoms with Crippen molar-refractivity contribution >= 4 is 0 Å². The minimum Gasteiger partial charge on any atom is -0.308 e. The van der Waals surface area contributed by atoms with Gasteiger partial charge in [0.25, 0.3) is 0 Å². The van der Waals surface area contributed by atoms with E-state index in [1.807, 2.05) is 17.1 Å². The molecule has 18 heavy (non-hydrogen) atoms. The van der Waals surface area contributed by atoms with Gasteiger partial charge < -0.3 is 9.88 Å². The van der Waals surface area contributed by atoms with Crippen LogP contribution >= 0.6 is 0 Å². The van der Waals surface area contributed by atoms with Crippen molar-refractivity contribution in [2.75, 3.05) is 0 Å². The van der Waals surface area contributed by atoms with Crippen molar-refractivity contribution in [3.63, 3.8) is 0 Å². The van der Waals surface area contributed by atoms with E-state index in [4.69, 9.17) is 0 Å². The zero-order chi connectivity index (χ0) is 13.0. The number of aromatic nitrogens is 2. The Morgan fingerprint density at radius 3 is 2.50 bits per heavy atom. The van der Waals surface area contributed by atoms with Crippen LogP contribution in [0.25, 0.3) is 5.69 Å². The Labute approximate surface area is 109 Å². The summed E-state index contributed by atoms with van der Waals surface area (Å²) < 4.78 is 2.01. The van der Waals surface area contributed by atoms with Crippen LogP contribution in [0.1, 0.15) is 32.8 Å². The summed E-state index contributed by atoms with van der Waals surface area (Å²) in [7, 11) is 0. The van der Waals surface area contributed by atoms with Crippen LogP contribution in [0, 0.1) is 0 Å². The van der Waals surface area contributed by atoms with Gasteiger partial charge in [-0.3, -0.25) is 0 Å². The molecule has 2 rings (SSSR count). The average molecular weight is 243 g/mol. The lowest BCUT2D eigenvalue weighted by molar-refractivity contribution is 0.374. The lowest BCUT2D eigenvalue weighted by Gasteiger charge is -2.24. The van der Waals surface area contributed by atoms with Gasteiger partial charge in [0.15, 0.2) is 0 Å². The van der Waals surface area contributed by atoms with E-state index in [1.54, 1.807) is 6.20 Å². The normalized spacial score (nSPS) is 11.7. The van der Waals surface area contributed by atoms with E-state index in [2.05, 4.69) is 55.3 Å². The molecule has 1 aromatic heterocycles. The first-order chi connectivity index (χ1) is 8.61. The molecule has 1 N–H and O–H groups in total. The molecule has 3 heteroatoms. The van der Waals surface area contributed by atoms with Crippen molar-refractivity contribution < 1.29 is 0 Å². The third-order valence-electron chi connectivity index (χ3n) is 3.39. The number of benzene rings is 1. The highest BCUT2D eigenvalue weighted by Gasteiger charge is 2.13. The van der Waals surface area contributed by atoms with E-state index < -0.39 is 0 Å². The molecule has 96 valence electrons. The number of nitrogens with one attached hydrogen (secondary N) is 1. The molecule has 0 amide bonds. The largest absolute Gasteiger partial charge is 0.308 e. The van der Waals surface area contributed by atoms with Crippen molar-refractivity contribution in [3.05, 3.63) is 48.5 Å². The zero-order valence-electron chi connectivity index (χ0n) is 11.4. The molecule has 0 radical (unpaired) electrons. The number of imidazole rings is 1. The van der Waals surface area contributed by atoms with E-state index in [-0.39, 0.29) is 5.54 Å². The lowest BCUT2D eigenvalue weighted by Crippen LogP contribution is -2.37. The smallest absolute Gasteiger partial charge is 0.0991 e. The van der Waals surface area contributed by atoms with Crippen molar-refractivity contribution in [2.45, 2.75) is 39.3 Å². The van der Waals surface area contributed by atoms with Gasteiger partial charge in [0.2, 0.25) is 0 Å². The van der Waals surface area contributed by atoms with Gasteiger partial charge in [0.1, 0.15) is 0 Å². The second-order valence-electron chi connectivity index (χ2n) is 5.23. The molecule has 0 aliphatic carbocycles. The molecule has 1 heterocycles. The summed E-state index contributed by atoms with van der Waals surface area (Å²) in [5.41, 5.74) is 2.65. The predicted octanol–water partition coefficient (Wildman–Crippen LogP) is 3.15. The summed E-state index contributed by atoms with van der Waals surface area (Å²) >= 11 is 0. The van der Waals surface area contributed by atoms with Crippen molar-refractivity contribution in [1.29, 1.82) is 0 Å². The SMILES string of the molecule is CCC(C)(C)NCc1ccc(-n2ccnc2)cc1. The van der Waals surface area contributed by atoms with Crippen LogP contribution in [0.4, 0.5) is 0 Å². The van der Waals surface area contributed by atoms with E-state index in [1.165, 1.54) is 5.56 Å². The van der Waals surface area contributed by atoms with Gasteiger partial charge in [-0.1, -0.05) is 19.1 Å². The molecule has 0 unspecified atom stereocenters. The van der Waals surface area contributed by atoms with Crippen LogP contribution in [0.15, 0.2) is 43.0 Å². The predicted molar refractivity (Wildman–Crippen MR) is 74.8 cm³/mol. The first-order valence-corrected chi connectivity index (χ1v) is 6.43. The number of hydrogen-bond donors (Lipinski definition) is 1. The fourth-order valence-electron chi connectivity index (χ4n) is 1.66. The lowest BCUT2D eigenvalue weighted by atomic mass is 10.0. The van der Waals surface area contributed by atoms with E-state index in [9.17, 15) is 0 Å². The first kappa shape index (κ1) is 12.8. The molecule has 0 atom stereocenters. The van der Waals surface area contributed by atoms with Gasteiger partial charge in [-0.25, -0.2) is 4.98 Å². The zero-order valence-corrected chi connectivity index (χ0v) is 11.4. The van der Waals surface area contributed by atoms with Crippen LogP contribution in [0.5, 0.6) is 0 Å². The molecular formula is C15H21N3. The molecule has 0 bridgehead atoms. The standard InChI is InChI=1S/C15H21N3/c1-4-15(2,3)17-11-13-5-7-14(8-6-13)18-10-9-16-12-18/h5-10,12,17H,4,11H2,1-3H3. The molecular weight excluding hydrogens is 222 g/mol. The minimum absolute atomic E-state index is 0.197. The van der Waals surface area contributed by atoms with Crippen LogP contribution in [0.3, 0.4) is 0 Å². The molecule has 0 fully saturated rings. The maximum atomic E-state index is 4.05. The van der Waals surface area contributed by atoms with Crippen LogP contribution in [0.2, 0.25) is 0 Å². The second kappa shape index (κ2) is 5.36. The Morgan fingerprint density at radius 1 is 1.22 bits per heavy atom. The summed E-state index contributed by atoms with van der Waals surface area (Å²) in [6.07, 6.45) is 6.68. The van der Waals surface area contributed by atoms with E-state index >= 15 is 0 Å². The van der Waals surface area contributed by atoms with Crippen LogP contribution in [-0.4, -0.2) is 15.1 Å². The van der Waals surface area contributed by atoms with Gasteiger partial charge >= 0.3 is 0 Å². The third-order valence-corrected chi connectivity index (χ3v) is 3.39. The van der Waals surface area contributed by atoms with Crippen LogP contribution in [-0.2, 0) is 6.54 Å². The van der Waals surface area contributed by atoms with Gasteiger partial charge in [0, 0.05) is 30.2 Å². The van der Waals surface area contributed by atoms with Crippen molar-refractivity contribution in [1.82, 2.24) is 14.9 Å².